The molecular formula is C31H19Cl2F5N4O5. The van der Waals surface area contributed by atoms with E-state index in [1.165, 1.54) is 43.3 Å². The van der Waals surface area contributed by atoms with Gasteiger partial charge < -0.3 is 5.11 Å². The van der Waals surface area contributed by atoms with E-state index < -0.39 is 86.1 Å². The molecule has 2 fully saturated rings. The number of para-hydroxylation sites is 1. The monoisotopic (exact) mass is 692 g/mol. The number of amides is 2. The minimum absolute atomic E-state index is 0.156. The van der Waals surface area contributed by atoms with Crippen LogP contribution in [-0.4, -0.2) is 40.6 Å². The average Bonchev–Trinajstić information content (AvgIpc) is 3.39. The SMILES string of the molecule is Cc1cc([C@H]2C3=CCn4c(=O)n(-c5ccccc5)c(=O)n4[C@@H]3C[C@@]3(Cl)C(=O)N(c4c(F)c(F)c(F)c(F)c4F)C(=O)[C@@]23Cl)ccc1O. The Morgan fingerprint density at radius 1 is 0.830 bits per heavy atom. The summed E-state index contributed by atoms with van der Waals surface area (Å²) in [7, 11) is 0. The average molecular weight is 693 g/mol. The van der Waals surface area contributed by atoms with Crippen LogP contribution in [0.5, 0.6) is 5.75 Å². The molecule has 242 valence electrons. The lowest BCUT2D eigenvalue weighted by molar-refractivity contribution is -0.122. The van der Waals surface area contributed by atoms with Crippen LogP contribution in [0, 0.1) is 36.0 Å². The molecule has 1 saturated heterocycles. The molecule has 1 aliphatic carbocycles. The second-order valence-corrected chi connectivity index (χ2v) is 12.7. The van der Waals surface area contributed by atoms with Crippen molar-refractivity contribution in [2.75, 3.05) is 4.90 Å². The Morgan fingerprint density at radius 3 is 2.06 bits per heavy atom. The van der Waals surface area contributed by atoms with Crippen molar-refractivity contribution < 1.29 is 36.6 Å². The quantitative estimate of drug-likeness (QED) is 0.0837. The van der Waals surface area contributed by atoms with E-state index in [9.17, 15) is 37.5 Å². The number of fused-ring (bicyclic) bond motifs is 4. The normalized spacial score (nSPS) is 25.0. The maximum atomic E-state index is 15.1. The van der Waals surface area contributed by atoms with Crippen LogP contribution in [0.3, 0.4) is 0 Å². The smallest absolute Gasteiger partial charge is 0.352 e. The lowest BCUT2D eigenvalue weighted by Crippen LogP contribution is -2.59. The number of benzene rings is 3. The van der Waals surface area contributed by atoms with Crippen LogP contribution in [0.4, 0.5) is 27.6 Å². The zero-order chi connectivity index (χ0) is 33.9. The second-order valence-electron chi connectivity index (χ2n) is 11.4. The number of allylic oxidation sites excluding steroid dienone is 2. The van der Waals surface area contributed by atoms with Crippen LogP contribution in [0.1, 0.15) is 29.5 Å². The number of aromatic hydroxyl groups is 1. The number of phenols is 1. The molecule has 0 unspecified atom stereocenters. The fourth-order valence-electron chi connectivity index (χ4n) is 6.86. The molecule has 0 radical (unpaired) electrons. The van der Waals surface area contributed by atoms with E-state index in [0.717, 1.165) is 13.9 Å². The van der Waals surface area contributed by atoms with Crippen molar-refractivity contribution in [3.63, 3.8) is 0 Å². The number of rotatable bonds is 3. The van der Waals surface area contributed by atoms with E-state index in [0.29, 0.717) is 0 Å². The minimum atomic E-state index is -2.68. The predicted octanol–water partition coefficient (Wildman–Crippen LogP) is 4.71. The number of imide groups is 1. The number of hydrogen-bond donors (Lipinski definition) is 1. The highest BCUT2D eigenvalue weighted by molar-refractivity contribution is 6.58. The summed E-state index contributed by atoms with van der Waals surface area (Å²) < 4.78 is 75.9. The number of alkyl halides is 2. The van der Waals surface area contributed by atoms with Crippen molar-refractivity contribution in [1.29, 1.82) is 0 Å². The van der Waals surface area contributed by atoms with Crippen molar-refractivity contribution in [1.82, 2.24) is 13.9 Å². The molecule has 4 aromatic rings. The Balaban J connectivity index is 1.50. The van der Waals surface area contributed by atoms with Crippen molar-refractivity contribution in [2.45, 2.75) is 41.6 Å². The van der Waals surface area contributed by atoms with Crippen LogP contribution in [0.25, 0.3) is 5.69 Å². The first-order valence-corrected chi connectivity index (χ1v) is 14.7. The van der Waals surface area contributed by atoms with Gasteiger partial charge in [0.25, 0.3) is 11.8 Å². The van der Waals surface area contributed by atoms with Gasteiger partial charge in [0, 0.05) is 12.3 Å². The first-order chi connectivity index (χ1) is 22.2. The number of hydrogen-bond acceptors (Lipinski definition) is 5. The number of phenolic OH excluding ortho intramolecular Hbond substituents is 1. The highest BCUT2D eigenvalue weighted by Gasteiger charge is 2.76. The minimum Gasteiger partial charge on any atom is -0.508 e. The summed E-state index contributed by atoms with van der Waals surface area (Å²) in [5.74, 6) is -17.1. The molecule has 2 amide bonds. The van der Waals surface area contributed by atoms with E-state index in [4.69, 9.17) is 23.2 Å². The summed E-state index contributed by atoms with van der Waals surface area (Å²) in [6, 6.07) is 10.6. The molecule has 0 spiro atoms. The molecule has 9 nitrogen and oxygen atoms in total. The molecular weight excluding hydrogens is 674 g/mol. The van der Waals surface area contributed by atoms with Gasteiger partial charge in [0.1, 0.15) is 11.4 Å². The summed E-state index contributed by atoms with van der Waals surface area (Å²) in [4.78, 5) is 50.2. The van der Waals surface area contributed by atoms with Crippen molar-refractivity contribution >= 4 is 40.7 Å². The summed E-state index contributed by atoms with van der Waals surface area (Å²) >= 11 is 14.1. The number of carbonyl (C=O) groups excluding carboxylic acids is 2. The Hall–Kier alpha value is -4.69. The van der Waals surface area contributed by atoms with Crippen LogP contribution in [0.15, 0.2) is 69.8 Å². The maximum absolute atomic E-state index is 15.1. The predicted molar refractivity (Wildman–Crippen MR) is 158 cm³/mol. The lowest BCUT2D eigenvalue weighted by atomic mass is 9.64. The molecule has 3 heterocycles. The zero-order valence-corrected chi connectivity index (χ0v) is 25.3. The van der Waals surface area contributed by atoms with Crippen molar-refractivity contribution in [3.05, 3.63) is 121 Å². The molecule has 1 N–H and O–H groups in total. The third kappa shape index (κ3) is 3.82. The first-order valence-electron chi connectivity index (χ1n) is 13.9. The molecule has 1 saturated carbocycles. The molecule has 0 bridgehead atoms. The summed E-state index contributed by atoms with van der Waals surface area (Å²) in [6.45, 7) is 1.28. The van der Waals surface area contributed by atoms with Crippen LogP contribution < -0.4 is 16.3 Å². The van der Waals surface area contributed by atoms with E-state index in [2.05, 4.69) is 0 Å². The highest BCUT2D eigenvalue weighted by atomic mass is 35.5. The van der Waals surface area contributed by atoms with Gasteiger partial charge in [-0.3, -0.25) is 9.59 Å². The van der Waals surface area contributed by atoms with Crippen molar-refractivity contribution in [3.8, 4) is 11.4 Å². The van der Waals surface area contributed by atoms with Gasteiger partial charge in [-0.25, -0.2) is 50.4 Å². The number of anilines is 1. The fourth-order valence-corrected chi connectivity index (χ4v) is 7.77. The van der Waals surface area contributed by atoms with Gasteiger partial charge >= 0.3 is 11.4 Å². The molecule has 4 atom stereocenters. The van der Waals surface area contributed by atoms with Gasteiger partial charge in [0.05, 0.1) is 18.3 Å². The van der Waals surface area contributed by atoms with E-state index in [-0.39, 0.29) is 39.6 Å². The number of halogens is 7. The third-order valence-corrected chi connectivity index (χ3v) is 10.5. The van der Waals surface area contributed by atoms with Gasteiger partial charge in [-0.1, -0.05) is 36.4 Å². The number of aryl methyl sites for hydroxylation is 1. The number of aromatic nitrogens is 3. The Labute approximate surface area is 270 Å². The Kier molecular flexibility index (Phi) is 6.68. The van der Waals surface area contributed by atoms with Gasteiger partial charge in [-0.05, 0) is 41.8 Å². The summed E-state index contributed by atoms with van der Waals surface area (Å²) in [5, 5.41) is 10.2. The number of carbonyl (C=O) groups is 2. The van der Waals surface area contributed by atoms with Gasteiger partial charge in [0.2, 0.25) is 5.82 Å². The molecule has 3 aliphatic rings. The molecule has 3 aromatic carbocycles. The second kappa shape index (κ2) is 10.2. The van der Waals surface area contributed by atoms with Crippen LogP contribution in [-0.2, 0) is 16.1 Å². The molecule has 1 aromatic heterocycles. The van der Waals surface area contributed by atoms with E-state index in [1.54, 1.807) is 18.2 Å². The van der Waals surface area contributed by atoms with Gasteiger partial charge in [0.15, 0.2) is 33.0 Å². The molecule has 7 rings (SSSR count). The summed E-state index contributed by atoms with van der Waals surface area (Å²) in [6.07, 6.45) is 0.777. The van der Waals surface area contributed by atoms with Crippen LogP contribution in [0.2, 0.25) is 0 Å². The van der Waals surface area contributed by atoms with E-state index >= 15 is 8.78 Å². The summed E-state index contributed by atoms with van der Waals surface area (Å²) in [5.41, 5.74) is -2.62. The number of nitrogens with zero attached hydrogens (tertiary/aromatic N) is 4. The lowest BCUT2D eigenvalue weighted by Gasteiger charge is -2.49. The van der Waals surface area contributed by atoms with Gasteiger partial charge in [-0.2, -0.15) is 0 Å². The van der Waals surface area contributed by atoms with Gasteiger partial charge in [-0.15, -0.1) is 23.2 Å². The highest BCUT2D eigenvalue weighted by Crippen LogP contribution is 2.64. The van der Waals surface area contributed by atoms with Crippen LogP contribution >= 0.6 is 23.2 Å². The Bertz CT molecular complexity index is 2210. The maximum Gasteiger partial charge on any atom is 0.352 e. The largest absolute Gasteiger partial charge is 0.508 e. The Morgan fingerprint density at radius 2 is 1.45 bits per heavy atom. The molecule has 16 heteroatoms. The molecule has 47 heavy (non-hydrogen) atoms. The zero-order valence-electron chi connectivity index (χ0n) is 23.8. The first kappa shape index (κ1) is 30.9. The molecule has 2 aliphatic heterocycles. The van der Waals surface area contributed by atoms with E-state index in [1.807, 2.05) is 0 Å². The van der Waals surface area contributed by atoms with Crippen molar-refractivity contribution in [2.24, 2.45) is 0 Å². The fraction of sp³-hybridized carbons (Fsp3) is 0.226. The standard InChI is InChI=1S/C31H19Cl2F5N4O5/c1-13-11-14(7-8-18(13)43)19-16-9-10-39-28(46)40(15-5-3-2-4-6-15)29(47)42(39)17(16)12-30(32)26(44)41(27(45)31(19,30)33)25-23(37)21(35)20(34)22(36)24(25)38/h2-9,11,17,19,43H,10,12H2,1H3/t17-,19+,30-,31+/m1/s1. The third-order valence-electron chi connectivity index (χ3n) is 9.06. The topological polar surface area (TPSA) is 107 Å².